The molecule has 0 saturated carbocycles. The Kier molecular flexibility index (Phi) is 7.16. The number of amides is 1. The van der Waals surface area contributed by atoms with Gasteiger partial charge in [-0.3, -0.25) is 9.48 Å². The minimum Gasteiger partial charge on any atom is -0.496 e. The Balaban J connectivity index is 1.42. The normalized spacial score (nSPS) is 10.6. The molecule has 0 bridgehead atoms. The lowest BCUT2D eigenvalue weighted by molar-refractivity contribution is -0.124. The third-order valence-corrected chi connectivity index (χ3v) is 5.80. The number of benzene rings is 2. The van der Waals surface area contributed by atoms with Crippen LogP contribution in [0.2, 0.25) is 0 Å². The molecule has 0 spiro atoms. The molecule has 1 amide bonds. The molecule has 33 heavy (non-hydrogen) atoms. The fourth-order valence-electron chi connectivity index (χ4n) is 3.32. The predicted molar refractivity (Wildman–Crippen MR) is 126 cm³/mol. The highest BCUT2D eigenvalue weighted by atomic mass is 32.1. The SMILES string of the molecule is COc1ccccc1CNC(=O)COC(=O)c1cn(Cc2ccccc2)nc1-c1cccs1. The smallest absolute Gasteiger partial charge is 0.342 e. The van der Waals surface area contributed by atoms with Gasteiger partial charge >= 0.3 is 5.97 Å². The monoisotopic (exact) mass is 461 g/mol. The number of esters is 1. The molecule has 4 rings (SSSR count). The summed E-state index contributed by atoms with van der Waals surface area (Å²) in [5.41, 5.74) is 2.77. The zero-order valence-electron chi connectivity index (χ0n) is 18.1. The van der Waals surface area contributed by atoms with E-state index in [1.54, 1.807) is 18.0 Å². The molecule has 0 fully saturated rings. The van der Waals surface area contributed by atoms with Crippen LogP contribution in [0, 0.1) is 0 Å². The van der Waals surface area contributed by atoms with Gasteiger partial charge in [0.25, 0.3) is 5.91 Å². The first-order valence-corrected chi connectivity index (χ1v) is 11.2. The van der Waals surface area contributed by atoms with E-state index in [0.717, 1.165) is 16.0 Å². The van der Waals surface area contributed by atoms with E-state index < -0.39 is 11.9 Å². The van der Waals surface area contributed by atoms with Crippen molar-refractivity contribution in [2.45, 2.75) is 13.1 Å². The molecule has 0 saturated heterocycles. The first-order valence-electron chi connectivity index (χ1n) is 10.3. The second-order valence-corrected chi connectivity index (χ2v) is 8.16. The molecule has 0 aliphatic heterocycles. The summed E-state index contributed by atoms with van der Waals surface area (Å²) in [5, 5.41) is 9.27. The number of nitrogens with one attached hydrogen (secondary N) is 1. The molecule has 7 nitrogen and oxygen atoms in total. The zero-order valence-corrected chi connectivity index (χ0v) is 18.9. The summed E-state index contributed by atoms with van der Waals surface area (Å²) in [6.45, 7) is 0.406. The average molecular weight is 462 g/mol. The highest BCUT2D eigenvalue weighted by Gasteiger charge is 2.21. The van der Waals surface area contributed by atoms with Crippen LogP contribution in [0.25, 0.3) is 10.6 Å². The number of carbonyl (C=O) groups is 2. The van der Waals surface area contributed by atoms with Gasteiger partial charge in [0.15, 0.2) is 6.61 Å². The molecular formula is C25H23N3O4S. The summed E-state index contributed by atoms with van der Waals surface area (Å²) >= 11 is 1.49. The van der Waals surface area contributed by atoms with Crippen LogP contribution < -0.4 is 10.1 Å². The molecule has 2 aromatic carbocycles. The van der Waals surface area contributed by atoms with E-state index in [2.05, 4.69) is 10.4 Å². The summed E-state index contributed by atoms with van der Waals surface area (Å²) in [5.74, 6) is -0.310. The first kappa shape index (κ1) is 22.3. The van der Waals surface area contributed by atoms with E-state index in [9.17, 15) is 9.59 Å². The largest absolute Gasteiger partial charge is 0.496 e. The first-order chi connectivity index (χ1) is 16.1. The molecule has 0 unspecified atom stereocenters. The van der Waals surface area contributed by atoms with Crippen molar-refractivity contribution >= 4 is 23.2 Å². The van der Waals surface area contributed by atoms with Gasteiger partial charge in [0, 0.05) is 18.3 Å². The van der Waals surface area contributed by atoms with Crippen molar-refractivity contribution in [2.75, 3.05) is 13.7 Å². The van der Waals surface area contributed by atoms with Gasteiger partial charge in [-0.15, -0.1) is 11.3 Å². The second kappa shape index (κ2) is 10.6. The van der Waals surface area contributed by atoms with Crippen LogP contribution in [0.5, 0.6) is 5.75 Å². The van der Waals surface area contributed by atoms with E-state index >= 15 is 0 Å². The Morgan fingerprint density at radius 1 is 1.03 bits per heavy atom. The van der Waals surface area contributed by atoms with Crippen LogP contribution in [-0.4, -0.2) is 35.4 Å². The number of hydrogen-bond acceptors (Lipinski definition) is 6. The number of methoxy groups -OCH3 is 1. The molecule has 1 N–H and O–H groups in total. The maximum Gasteiger partial charge on any atom is 0.342 e. The summed E-state index contributed by atoms with van der Waals surface area (Å²) in [6.07, 6.45) is 1.66. The summed E-state index contributed by atoms with van der Waals surface area (Å²) in [6, 6.07) is 21.1. The van der Waals surface area contributed by atoms with Crippen LogP contribution in [0.1, 0.15) is 21.5 Å². The lowest BCUT2D eigenvalue weighted by Gasteiger charge is -2.09. The highest BCUT2D eigenvalue weighted by Crippen LogP contribution is 2.27. The quantitative estimate of drug-likeness (QED) is 0.379. The molecule has 8 heteroatoms. The van der Waals surface area contributed by atoms with E-state index in [0.29, 0.717) is 23.6 Å². The number of nitrogens with zero attached hydrogens (tertiary/aromatic N) is 2. The molecule has 2 aromatic heterocycles. The van der Waals surface area contributed by atoms with Crippen LogP contribution in [0.15, 0.2) is 78.3 Å². The summed E-state index contributed by atoms with van der Waals surface area (Å²) in [4.78, 5) is 26.0. The van der Waals surface area contributed by atoms with Crippen molar-refractivity contribution in [1.29, 1.82) is 0 Å². The number of hydrogen-bond donors (Lipinski definition) is 1. The number of ether oxygens (including phenoxy) is 2. The Labute approximate surface area is 195 Å². The second-order valence-electron chi connectivity index (χ2n) is 7.22. The maximum absolute atomic E-state index is 12.8. The van der Waals surface area contributed by atoms with Crippen molar-refractivity contribution in [3.05, 3.63) is 95.0 Å². The highest BCUT2D eigenvalue weighted by molar-refractivity contribution is 7.13. The van der Waals surface area contributed by atoms with Gasteiger partial charge in [0.05, 0.1) is 18.5 Å². The Morgan fingerprint density at radius 2 is 1.82 bits per heavy atom. The van der Waals surface area contributed by atoms with E-state index in [1.807, 2.05) is 72.1 Å². The number of thiophene rings is 1. The number of carbonyl (C=O) groups excluding carboxylic acids is 2. The molecule has 4 aromatic rings. The van der Waals surface area contributed by atoms with Crippen LogP contribution in [-0.2, 0) is 22.6 Å². The predicted octanol–water partition coefficient (Wildman–Crippen LogP) is 4.14. The summed E-state index contributed by atoms with van der Waals surface area (Å²) < 4.78 is 12.3. The molecule has 2 heterocycles. The van der Waals surface area contributed by atoms with E-state index in [-0.39, 0.29) is 13.2 Å². The van der Waals surface area contributed by atoms with Gasteiger partial charge in [-0.25, -0.2) is 4.79 Å². The van der Waals surface area contributed by atoms with E-state index in [1.165, 1.54) is 11.3 Å². The zero-order chi connectivity index (χ0) is 23.0. The van der Waals surface area contributed by atoms with Gasteiger partial charge in [-0.05, 0) is 23.1 Å². The van der Waals surface area contributed by atoms with Crippen molar-refractivity contribution in [1.82, 2.24) is 15.1 Å². The fourth-order valence-corrected chi connectivity index (χ4v) is 4.04. The molecule has 0 atom stereocenters. The van der Waals surface area contributed by atoms with Gasteiger partial charge in [-0.1, -0.05) is 54.6 Å². The van der Waals surface area contributed by atoms with E-state index in [4.69, 9.17) is 9.47 Å². The minimum atomic E-state index is -0.592. The lowest BCUT2D eigenvalue weighted by Crippen LogP contribution is -2.28. The Bertz CT molecular complexity index is 1220. The molecular weight excluding hydrogens is 438 g/mol. The number of para-hydroxylation sites is 1. The average Bonchev–Trinajstić information content (AvgIpc) is 3.52. The van der Waals surface area contributed by atoms with Gasteiger partial charge < -0.3 is 14.8 Å². The standard InChI is InChI=1S/C25H23N3O4S/c1-31-21-11-6-5-10-19(21)14-26-23(29)17-32-25(30)20-16-28(15-18-8-3-2-4-9-18)27-24(20)22-12-7-13-33-22/h2-13,16H,14-15,17H2,1H3,(H,26,29). The molecule has 0 aliphatic rings. The van der Waals surface area contributed by atoms with Crippen molar-refractivity contribution in [2.24, 2.45) is 0 Å². The number of rotatable bonds is 9. The van der Waals surface area contributed by atoms with Crippen LogP contribution in [0.4, 0.5) is 0 Å². The third-order valence-electron chi connectivity index (χ3n) is 4.93. The molecule has 168 valence electrons. The van der Waals surface area contributed by atoms with Gasteiger partial charge in [-0.2, -0.15) is 5.10 Å². The van der Waals surface area contributed by atoms with Crippen LogP contribution in [0.3, 0.4) is 0 Å². The Morgan fingerprint density at radius 3 is 2.58 bits per heavy atom. The molecule has 0 aliphatic carbocycles. The Hall–Kier alpha value is -3.91. The number of aromatic nitrogens is 2. The third kappa shape index (κ3) is 5.67. The van der Waals surface area contributed by atoms with Crippen LogP contribution >= 0.6 is 11.3 Å². The van der Waals surface area contributed by atoms with Gasteiger partial charge in [0.1, 0.15) is 17.0 Å². The topological polar surface area (TPSA) is 82.5 Å². The van der Waals surface area contributed by atoms with Crippen molar-refractivity contribution in [3.63, 3.8) is 0 Å². The summed E-state index contributed by atoms with van der Waals surface area (Å²) in [7, 11) is 1.57. The lowest BCUT2D eigenvalue weighted by atomic mass is 10.2. The van der Waals surface area contributed by atoms with Crippen molar-refractivity contribution < 1.29 is 19.1 Å². The fraction of sp³-hybridized carbons (Fsp3) is 0.160. The molecule has 0 radical (unpaired) electrons. The van der Waals surface area contributed by atoms with Gasteiger partial charge in [0.2, 0.25) is 0 Å². The van der Waals surface area contributed by atoms with Crippen molar-refractivity contribution in [3.8, 4) is 16.3 Å². The minimum absolute atomic E-state index is 0.274. The maximum atomic E-state index is 12.8.